The summed E-state index contributed by atoms with van der Waals surface area (Å²) >= 11 is 12.7. The first kappa shape index (κ1) is 21.0. The van der Waals surface area contributed by atoms with E-state index in [1.807, 2.05) is 0 Å². The molecule has 1 aromatic heterocycles. The van der Waals surface area contributed by atoms with Crippen LogP contribution in [0.1, 0.15) is 31.2 Å². The molecular weight excluding hydrogens is 413 g/mol. The summed E-state index contributed by atoms with van der Waals surface area (Å²) in [5, 5.41) is 3.56. The van der Waals surface area contributed by atoms with Gasteiger partial charge in [0.25, 0.3) is 0 Å². The molecule has 0 radical (unpaired) electrons. The minimum absolute atomic E-state index is 0.110. The van der Waals surface area contributed by atoms with Crippen molar-refractivity contribution in [3.8, 4) is 0 Å². The van der Waals surface area contributed by atoms with Gasteiger partial charge in [-0.2, -0.15) is 0 Å². The van der Waals surface area contributed by atoms with Crippen LogP contribution in [-0.2, 0) is 14.3 Å². The van der Waals surface area contributed by atoms with Crippen molar-refractivity contribution in [2.45, 2.75) is 6.92 Å². The molecule has 0 unspecified atom stereocenters. The summed E-state index contributed by atoms with van der Waals surface area (Å²) in [7, 11) is 2.45. The van der Waals surface area contributed by atoms with E-state index in [2.05, 4.69) is 5.32 Å². The van der Waals surface area contributed by atoms with E-state index in [1.54, 1.807) is 25.1 Å². The molecule has 2 aromatic rings. The predicted molar refractivity (Wildman–Crippen MR) is 106 cm³/mol. The van der Waals surface area contributed by atoms with Crippen LogP contribution >= 0.6 is 34.5 Å². The lowest BCUT2D eigenvalue weighted by Gasteiger charge is -2.04. The van der Waals surface area contributed by atoms with Crippen molar-refractivity contribution in [1.29, 1.82) is 0 Å². The number of anilines is 1. The van der Waals surface area contributed by atoms with Crippen molar-refractivity contribution in [2.24, 2.45) is 0 Å². The Labute approximate surface area is 169 Å². The van der Waals surface area contributed by atoms with E-state index < -0.39 is 17.8 Å². The molecule has 0 aliphatic rings. The van der Waals surface area contributed by atoms with Crippen LogP contribution in [0.2, 0.25) is 10.0 Å². The van der Waals surface area contributed by atoms with Gasteiger partial charge in [0.2, 0.25) is 5.91 Å². The summed E-state index contributed by atoms with van der Waals surface area (Å²) in [6.45, 7) is 1.58. The number of thiophene rings is 1. The molecule has 1 heterocycles. The number of amides is 1. The van der Waals surface area contributed by atoms with Crippen molar-refractivity contribution in [1.82, 2.24) is 0 Å². The molecule has 0 aliphatic heterocycles. The first-order chi connectivity index (χ1) is 12.8. The van der Waals surface area contributed by atoms with Crippen LogP contribution in [0.5, 0.6) is 0 Å². The molecule has 1 amide bonds. The highest BCUT2D eigenvalue weighted by molar-refractivity contribution is 7.18. The van der Waals surface area contributed by atoms with Gasteiger partial charge in [-0.25, -0.2) is 9.59 Å². The van der Waals surface area contributed by atoms with Gasteiger partial charge >= 0.3 is 11.9 Å². The van der Waals surface area contributed by atoms with E-state index in [0.29, 0.717) is 21.2 Å². The second-order valence-electron chi connectivity index (χ2n) is 5.24. The third-order valence-electron chi connectivity index (χ3n) is 3.51. The fourth-order valence-corrected chi connectivity index (χ4v) is 3.60. The zero-order valence-corrected chi connectivity index (χ0v) is 16.9. The number of ether oxygens (including phenoxy) is 2. The van der Waals surface area contributed by atoms with Crippen molar-refractivity contribution in [3.05, 3.63) is 55.9 Å². The van der Waals surface area contributed by atoms with Crippen LogP contribution in [0.25, 0.3) is 6.08 Å². The van der Waals surface area contributed by atoms with Crippen molar-refractivity contribution < 1.29 is 23.9 Å². The maximum absolute atomic E-state index is 12.2. The maximum atomic E-state index is 12.2. The minimum Gasteiger partial charge on any atom is -0.465 e. The molecule has 0 saturated carbocycles. The van der Waals surface area contributed by atoms with Gasteiger partial charge in [-0.15, -0.1) is 11.3 Å². The molecule has 0 fully saturated rings. The number of carbonyl (C=O) groups excluding carboxylic acids is 3. The van der Waals surface area contributed by atoms with Gasteiger partial charge in [-0.05, 0) is 36.3 Å². The zero-order valence-electron chi connectivity index (χ0n) is 14.6. The molecule has 1 aromatic carbocycles. The lowest BCUT2D eigenvalue weighted by Crippen LogP contribution is -2.11. The summed E-state index contributed by atoms with van der Waals surface area (Å²) in [6, 6.07) is 4.92. The van der Waals surface area contributed by atoms with Crippen LogP contribution in [0.4, 0.5) is 5.00 Å². The van der Waals surface area contributed by atoms with E-state index in [9.17, 15) is 14.4 Å². The Morgan fingerprint density at radius 2 is 1.74 bits per heavy atom. The van der Waals surface area contributed by atoms with Crippen molar-refractivity contribution in [3.63, 3.8) is 0 Å². The number of hydrogen-bond donors (Lipinski definition) is 1. The SMILES string of the molecule is COC(=O)c1sc(NC(=O)C=Cc2ccc(Cl)c(Cl)c2)c(C(=O)OC)c1C. The molecule has 1 N–H and O–H groups in total. The van der Waals surface area contributed by atoms with Gasteiger partial charge in [0, 0.05) is 6.08 Å². The van der Waals surface area contributed by atoms with Gasteiger partial charge < -0.3 is 14.8 Å². The summed E-state index contributed by atoms with van der Waals surface area (Å²) < 4.78 is 9.44. The molecule has 2 rings (SSSR count). The molecule has 0 aliphatic carbocycles. The monoisotopic (exact) mass is 427 g/mol. The molecule has 142 valence electrons. The van der Waals surface area contributed by atoms with Crippen LogP contribution in [-0.4, -0.2) is 32.1 Å². The van der Waals surface area contributed by atoms with E-state index in [0.717, 1.165) is 11.3 Å². The molecule has 0 saturated heterocycles. The number of rotatable bonds is 5. The van der Waals surface area contributed by atoms with Crippen LogP contribution < -0.4 is 5.32 Å². The Hall–Kier alpha value is -2.35. The van der Waals surface area contributed by atoms with Crippen LogP contribution in [0, 0.1) is 6.92 Å². The maximum Gasteiger partial charge on any atom is 0.348 e. The van der Waals surface area contributed by atoms with Gasteiger partial charge in [-0.3, -0.25) is 4.79 Å². The molecule has 9 heteroatoms. The molecule has 0 atom stereocenters. The smallest absolute Gasteiger partial charge is 0.348 e. The summed E-state index contributed by atoms with van der Waals surface area (Å²) in [5.41, 5.74) is 1.16. The Bertz CT molecular complexity index is 936. The predicted octanol–water partition coefficient (Wildman–Crippen LogP) is 4.59. The third kappa shape index (κ3) is 4.88. The lowest BCUT2D eigenvalue weighted by molar-refractivity contribution is -0.111. The first-order valence-corrected chi connectivity index (χ1v) is 9.09. The Balaban J connectivity index is 2.28. The average Bonchev–Trinajstić information content (AvgIpc) is 2.97. The molecule has 0 bridgehead atoms. The minimum atomic E-state index is -0.664. The van der Waals surface area contributed by atoms with E-state index in [1.165, 1.54) is 26.4 Å². The van der Waals surface area contributed by atoms with E-state index >= 15 is 0 Å². The van der Waals surface area contributed by atoms with Gasteiger partial charge in [0.15, 0.2) is 0 Å². The van der Waals surface area contributed by atoms with Crippen molar-refractivity contribution in [2.75, 3.05) is 19.5 Å². The normalized spacial score (nSPS) is 10.7. The Kier molecular flexibility index (Phi) is 7.01. The molecule has 6 nitrogen and oxygen atoms in total. The fraction of sp³-hybridized carbons (Fsp3) is 0.167. The number of benzene rings is 1. The number of carbonyl (C=O) groups is 3. The number of methoxy groups -OCH3 is 2. The highest BCUT2D eigenvalue weighted by atomic mass is 35.5. The first-order valence-electron chi connectivity index (χ1n) is 7.52. The second-order valence-corrected chi connectivity index (χ2v) is 7.07. The molecule has 0 spiro atoms. The largest absolute Gasteiger partial charge is 0.465 e. The zero-order chi connectivity index (χ0) is 20.1. The highest BCUT2D eigenvalue weighted by Crippen LogP contribution is 2.34. The number of halogens is 2. The van der Waals surface area contributed by atoms with Crippen LogP contribution in [0.3, 0.4) is 0 Å². The summed E-state index contributed by atoms with van der Waals surface area (Å²) in [5.74, 6) is -1.76. The number of nitrogens with one attached hydrogen (secondary N) is 1. The standard InChI is InChI=1S/C18H15Cl2NO5S/c1-9-14(17(23)25-2)16(27-15(9)18(24)26-3)21-13(22)7-5-10-4-6-11(19)12(20)8-10/h4-8H,1-3H3,(H,21,22). The average molecular weight is 428 g/mol. The van der Waals surface area contributed by atoms with Gasteiger partial charge in [-0.1, -0.05) is 29.3 Å². The van der Waals surface area contributed by atoms with Gasteiger partial charge in [0.05, 0.1) is 29.8 Å². The van der Waals surface area contributed by atoms with Crippen LogP contribution in [0.15, 0.2) is 24.3 Å². The van der Waals surface area contributed by atoms with E-state index in [4.69, 9.17) is 32.7 Å². The van der Waals surface area contributed by atoms with E-state index in [-0.39, 0.29) is 15.4 Å². The summed E-state index contributed by atoms with van der Waals surface area (Å²) in [4.78, 5) is 36.4. The second kappa shape index (κ2) is 9.03. The van der Waals surface area contributed by atoms with Gasteiger partial charge in [0.1, 0.15) is 9.88 Å². The molecule has 27 heavy (non-hydrogen) atoms. The third-order valence-corrected chi connectivity index (χ3v) is 5.44. The molecular formula is C18H15Cl2NO5S. The Morgan fingerprint density at radius 3 is 2.33 bits per heavy atom. The van der Waals surface area contributed by atoms with Crippen molar-refractivity contribution >= 4 is 63.5 Å². The quantitative estimate of drug-likeness (QED) is 0.557. The Morgan fingerprint density at radius 1 is 1.07 bits per heavy atom. The highest BCUT2D eigenvalue weighted by Gasteiger charge is 2.26. The number of esters is 2. The lowest BCUT2D eigenvalue weighted by atomic mass is 10.1. The number of hydrogen-bond acceptors (Lipinski definition) is 6. The fourth-order valence-electron chi connectivity index (χ4n) is 2.18. The summed E-state index contributed by atoms with van der Waals surface area (Å²) in [6.07, 6.45) is 2.81. The topological polar surface area (TPSA) is 81.7 Å².